The number of benzene rings is 1. The second-order valence-electron chi connectivity index (χ2n) is 13.2. The summed E-state index contributed by atoms with van der Waals surface area (Å²) in [6.07, 6.45) is 19.2. The molecule has 254 valence electrons. The predicted molar refractivity (Wildman–Crippen MR) is 180 cm³/mol. The second-order valence-corrected chi connectivity index (χ2v) is 13.2. The molecule has 0 saturated carbocycles. The first kappa shape index (κ1) is 38.5. The smallest absolute Gasteiger partial charge is 0.305 e. The van der Waals surface area contributed by atoms with Crippen LogP contribution in [0.15, 0.2) is 42.5 Å². The van der Waals surface area contributed by atoms with Crippen LogP contribution in [0.5, 0.6) is 0 Å². The van der Waals surface area contributed by atoms with Gasteiger partial charge >= 0.3 is 5.97 Å². The van der Waals surface area contributed by atoms with Crippen LogP contribution in [0.25, 0.3) is 0 Å². The molecule has 1 heterocycles. The van der Waals surface area contributed by atoms with Gasteiger partial charge in [-0.2, -0.15) is 0 Å². The number of nitrogens with one attached hydrogen (secondary N) is 2. The standard InChI is InChI=1S/C37H60N2O6/c1-5-7-8-9-10-11-12-13-14-15-16-17-18-19-23-26-32(40)38-30(6-2)31(27-33(41)42)39-35(43)34-37(3,4)28-44-36(45-34)29-24-21-20-22-25-29/h13-14,20-22,24-25,30-31,34,36H,5-12,15-19,23,26-28H2,1-4H3,(H,38,40)(H,39,43)(H,41,42)/b14-13-. The number of ether oxygens (including phenoxy) is 2. The summed E-state index contributed by atoms with van der Waals surface area (Å²) in [6, 6.07) is 8.14. The fraction of sp³-hybridized carbons (Fsp3) is 0.703. The van der Waals surface area contributed by atoms with Crippen LogP contribution in [0.4, 0.5) is 0 Å². The highest BCUT2D eigenvalue weighted by Gasteiger charge is 2.44. The van der Waals surface area contributed by atoms with Crippen molar-refractivity contribution in [3.8, 4) is 0 Å². The fourth-order valence-corrected chi connectivity index (χ4v) is 5.78. The summed E-state index contributed by atoms with van der Waals surface area (Å²) >= 11 is 0. The molecule has 1 saturated heterocycles. The molecule has 1 aromatic carbocycles. The number of carboxylic acid groups (broad SMARTS) is 1. The third-order valence-corrected chi connectivity index (χ3v) is 8.55. The third-order valence-electron chi connectivity index (χ3n) is 8.55. The first-order valence-electron chi connectivity index (χ1n) is 17.5. The van der Waals surface area contributed by atoms with E-state index in [0.717, 1.165) is 37.7 Å². The van der Waals surface area contributed by atoms with Gasteiger partial charge in [-0.15, -0.1) is 0 Å². The van der Waals surface area contributed by atoms with Gasteiger partial charge in [0.25, 0.3) is 0 Å². The molecule has 4 atom stereocenters. The molecule has 4 unspecified atom stereocenters. The molecule has 1 fully saturated rings. The van der Waals surface area contributed by atoms with Crippen molar-refractivity contribution in [3.63, 3.8) is 0 Å². The third kappa shape index (κ3) is 15.4. The molecular weight excluding hydrogens is 568 g/mol. The molecule has 1 aliphatic heterocycles. The molecule has 3 N–H and O–H groups in total. The van der Waals surface area contributed by atoms with Gasteiger partial charge in [0.1, 0.15) is 6.10 Å². The molecule has 45 heavy (non-hydrogen) atoms. The SMILES string of the molecule is CCCCCCCC/C=C\CCCCCCCC(=O)NC(CC)C(CC(=O)O)NC(=O)C1OC(c2ccccc2)OCC1(C)C. The molecule has 1 aromatic rings. The molecule has 0 aromatic heterocycles. The number of rotatable bonds is 23. The van der Waals surface area contributed by atoms with Gasteiger partial charge in [-0.05, 0) is 38.5 Å². The maximum absolute atomic E-state index is 13.5. The summed E-state index contributed by atoms with van der Waals surface area (Å²) in [7, 11) is 0. The van der Waals surface area contributed by atoms with Crippen molar-refractivity contribution in [1.29, 1.82) is 0 Å². The first-order chi connectivity index (χ1) is 21.7. The Balaban J connectivity index is 1.74. The number of carbonyl (C=O) groups excluding carboxylic acids is 2. The van der Waals surface area contributed by atoms with Crippen molar-refractivity contribution in [3.05, 3.63) is 48.0 Å². The van der Waals surface area contributed by atoms with Crippen molar-refractivity contribution < 1.29 is 29.0 Å². The normalized spacial score (nSPS) is 19.2. The Hall–Kier alpha value is -2.71. The van der Waals surface area contributed by atoms with Crippen LogP contribution in [0.3, 0.4) is 0 Å². The Morgan fingerprint density at radius 2 is 1.47 bits per heavy atom. The van der Waals surface area contributed by atoms with Crippen molar-refractivity contribution in [1.82, 2.24) is 10.6 Å². The van der Waals surface area contributed by atoms with Crippen molar-refractivity contribution in [2.45, 2.75) is 155 Å². The molecule has 0 aliphatic carbocycles. The van der Waals surface area contributed by atoms with Crippen LogP contribution in [0, 0.1) is 5.41 Å². The number of carbonyl (C=O) groups is 3. The van der Waals surface area contributed by atoms with Gasteiger partial charge in [-0.1, -0.05) is 122 Å². The molecule has 8 heteroatoms. The zero-order chi connectivity index (χ0) is 32.9. The minimum atomic E-state index is -1.04. The lowest BCUT2D eigenvalue weighted by molar-refractivity contribution is -0.258. The van der Waals surface area contributed by atoms with Crippen molar-refractivity contribution in [2.75, 3.05) is 6.61 Å². The van der Waals surface area contributed by atoms with E-state index in [-0.39, 0.29) is 12.3 Å². The topological polar surface area (TPSA) is 114 Å². The van der Waals surface area contributed by atoms with Gasteiger partial charge in [0.05, 0.1) is 19.1 Å². The maximum atomic E-state index is 13.5. The summed E-state index contributed by atoms with van der Waals surface area (Å²) in [4.78, 5) is 38.1. The van der Waals surface area contributed by atoms with E-state index < -0.39 is 41.8 Å². The maximum Gasteiger partial charge on any atom is 0.305 e. The van der Waals surface area contributed by atoms with Crippen LogP contribution in [-0.4, -0.2) is 47.7 Å². The molecule has 8 nitrogen and oxygen atoms in total. The molecule has 1 aliphatic rings. The van der Waals surface area contributed by atoms with Crippen LogP contribution in [0.2, 0.25) is 0 Å². The summed E-state index contributed by atoms with van der Waals surface area (Å²) in [5.41, 5.74) is 0.181. The lowest BCUT2D eigenvalue weighted by Gasteiger charge is -2.42. The number of hydrogen-bond donors (Lipinski definition) is 3. The zero-order valence-electron chi connectivity index (χ0n) is 28.4. The Morgan fingerprint density at radius 1 is 0.867 bits per heavy atom. The lowest BCUT2D eigenvalue weighted by atomic mass is 9.85. The molecule has 0 spiro atoms. The molecule has 2 amide bonds. The Morgan fingerprint density at radius 3 is 2.07 bits per heavy atom. The Kier molecular flexibility index (Phi) is 18.7. The van der Waals surface area contributed by atoms with Crippen molar-refractivity contribution in [2.24, 2.45) is 5.41 Å². The average molecular weight is 629 g/mol. The van der Waals surface area contributed by atoms with Gasteiger partial charge < -0.3 is 25.2 Å². The highest BCUT2D eigenvalue weighted by atomic mass is 16.7. The minimum Gasteiger partial charge on any atom is -0.481 e. The number of carboxylic acids is 1. The number of unbranched alkanes of at least 4 members (excludes halogenated alkanes) is 11. The summed E-state index contributed by atoms with van der Waals surface area (Å²) in [5, 5.41) is 15.5. The van der Waals surface area contributed by atoms with Gasteiger partial charge in [-0.3, -0.25) is 14.4 Å². The van der Waals surface area contributed by atoms with Crippen LogP contribution < -0.4 is 10.6 Å². The van der Waals surface area contributed by atoms with E-state index in [1.165, 1.54) is 51.4 Å². The van der Waals surface area contributed by atoms with E-state index >= 15 is 0 Å². The lowest BCUT2D eigenvalue weighted by Crippen LogP contribution is -2.58. The van der Waals surface area contributed by atoms with Crippen LogP contribution in [0.1, 0.15) is 142 Å². The highest BCUT2D eigenvalue weighted by Crippen LogP contribution is 2.36. The van der Waals surface area contributed by atoms with Gasteiger partial charge in [0.2, 0.25) is 11.8 Å². The Bertz CT molecular complexity index is 1010. The summed E-state index contributed by atoms with van der Waals surface area (Å²) in [5.74, 6) is -1.56. The molecule has 0 radical (unpaired) electrons. The van der Waals surface area contributed by atoms with E-state index in [1.54, 1.807) is 0 Å². The Labute approximate surface area is 272 Å². The summed E-state index contributed by atoms with van der Waals surface area (Å²) < 4.78 is 12.0. The van der Waals surface area contributed by atoms with Crippen LogP contribution >= 0.6 is 0 Å². The largest absolute Gasteiger partial charge is 0.481 e. The van der Waals surface area contributed by atoms with Crippen molar-refractivity contribution >= 4 is 17.8 Å². The van der Waals surface area contributed by atoms with Crippen LogP contribution in [-0.2, 0) is 23.9 Å². The molecule has 0 bridgehead atoms. The number of amides is 2. The quantitative estimate of drug-likeness (QED) is 0.0835. The van der Waals surface area contributed by atoms with E-state index in [2.05, 4.69) is 29.7 Å². The van der Waals surface area contributed by atoms with E-state index in [9.17, 15) is 19.5 Å². The highest BCUT2D eigenvalue weighted by molar-refractivity contribution is 5.83. The first-order valence-corrected chi connectivity index (χ1v) is 17.5. The second kappa shape index (κ2) is 21.9. The molecular formula is C37H60N2O6. The monoisotopic (exact) mass is 628 g/mol. The number of hydrogen-bond acceptors (Lipinski definition) is 5. The van der Waals surface area contributed by atoms with E-state index in [0.29, 0.717) is 19.4 Å². The van der Waals surface area contributed by atoms with Gasteiger partial charge in [-0.25, -0.2) is 0 Å². The zero-order valence-corrected chi connectivity index (χ0v) is 28.4. The van der Waals surface area contributed by atoms with Gasteiger partial charge in [0.15, 0.2) is 6.29 Å². The number of allylic oxidation sites excluding steroid dienone is 2. The predicted octanol–water partition coefficient (Wildman–Crippen LogP) is 8.02. The van der Waals surface area contributed by atoms with E-state index in [1.807, 2.05) is 51.1 Å². The van der Waals surface area contributed by atoms with E-state index in [4.69, 9.17) is 9.47 Å². The number of aliphatic carboxylic acids is 1. The fourth-order valence-electron chi connectivity index (χ4n) is 5.78. The van der Waals surface area contributed by atoms with Gasteiger partial charge in [0, 0.05) is 23.4 Å². The minimum absolute atomic E-state index is 0.115. The summed E-state index contributed by atoms with van der Waals surface area (Å²) in [6.45, 7) is 8.21. The molecule has 2 rings (SSSR count). The average Bonchev–Trinajstić information content (AvgIpc) is 3.01.